The Balaban J connectivity index is 1.87. The molecule has 2 aromatic heterocycles. The van der Waals surface area contributed by atoms with Crippen molar-refractivity contribution in [3.8, 4) is 0 Å². The molecule has 5 heteroatoms. The van der Waals surface area contributed by atoms with Gasteiger partial charge in [0.2, 0.25) is 0 Å². The van der Waals surface area contributed by atoms with E-state index in [9.17, 15) is 9.59 Å². The number of H-pyrrole nitrogens is 1. The third-order valence-corrected chi connectivity index (χ3v) is 3.95. The van der Waals surface area contributed by atoms with E-state index in [1.54, 1.807) is 13.1 Å². The van der Waals surface area contributed by atoms with Gasteiger partial charge >= 0.3 is 0 Å². The first kappa shape index (κ1) is 14.5. The first-order chi connectivity index (χ1) is 10.5. The van der Waals surface area contributed by atoms with Crippen LogP contribution in [0.3, 0.4) is 0 Å². The molecule has 0 saturated heterocycles. The number of rotatable bonds is 4. The number of nitrogens with zero attached hydrogens (tertiary/aromatic N) is 1. The maximum Gasteiger partial charge on any atom is 0.268 e. The molecule has 1 unspecified atom stereocenters. The zero-order valence-corrected chi connectivity index (χ0v) is 12.7. The van der Waals surface area contributed by atoms with Crippen molar-refractivity contribution in [2.24, 2.45) is 5.92 Å². The number of aryl methyl sites for hydroxylation is 2. The van der Waals surface area contributed by atoms with Gasteiger partial charge in [-0.1, -0.05) is 6.07 Å². The van der Waals surface area contributed by atoms with E-state index in [-0.39, 0.29) is 17.4 Å². The van der Waals surface area contributed by atoms with Gasteiger partial charge in [-0.3, -0.25) is 14.6 Å². The fourth-order valence-corrected chi connectivity index (χ4v) is 2.69. The van der Waals surface area contributed by atoms with Crippen LogP contribution in [0.4, 0.5) is 0 Å². The van der Waals surface area contributed by atoms with Gasteiger partial charge in [-0.2, -0.15) is 0 Å². The molecule has 1 saturated carbocycles. The molecule has 0 aliphatic heterocycles. The molecule has 1 aliphatic carbocycles. The van der Waals surface area contributed by atoms with E-state index in [1.165, 1.54) is 12.1 Å². The highest BCUT2D eigenvalue weighted by molar-refractivity contribution is 5.92. The third kappa shape index (κ3) is 3.08. The van der Waals surface area contributed by atoms with Crippen LogP contribution in [0.2, 0.25) is 0 Å². The van der Waals surface area contributed by atoms with E-state index >= 15 is 0 Å². The Hall–Kier alpha value is -2.43. The molecule has 2 heterocycles. The highest BCUT2D eigenvalue weighted by Gasteiger charge is 2.35. The normalized spacial score (nSPS) is 15.4. The van der Waals surface area contributed by atoms with Crippen molar-refractivity contribution in [2.45, 2.75) is 32.7 Å². The summed E-state index contributed by atoms with van der Waals surface area (Å²) in [6.45, 7) is 3.76. The van der Waals surface area contributed by atoms with Crippen LogP contribution < -0.4 is 10.7 Å². The Morgan fingerprint density at radius 1 is 1.36 bits per heavy atom. The van der Waals surface area contributed by atoms with Gasteiger partial charge in [0.25, 0.3) is 5.91 Å². The van der Waals surface area contributed by atoms with Gasteiger partial charge < -0.3 is 10.3 Å². The number of aromatic amines is 1. The number of amides is 1. The molecule has 5 nitrogen and oxygen atoms in total. The van der Waals surface area contributed by atoms with Crippen molar-refractivity contribution in [1.29, 1.82) is 0 Å². The molecule has 114 valence electrons. The second kappa shape index (κ2) is 5.75. The highest BCUT2D eigenvalue weighted by atomic mass is 16.2. The van der Waals surface area contributed by atoms with Gasteiger partial charge in [-0.05, 0) is 44.2 Å². The number of carbonyl (C=O) groups is 1. The summed E-state index contributed by atoms with van der Waals surface area (Å²) in [5.41, 5.74) is 2.78. The maximum atomic E-state index is 12.5. The smallest absolute Gasteiger partial charge is 0.268 e. The maximum absolute atomic E-state index is 12.5. The predicted molar refractivity (Wildman–Crippen MR) is 83.7 cm³/mol. The van der Waals surface area contributed by atoms with E-state index in [2.05, 4.69) is 15.3 Å². The van der Waals surface area contributed by atoms with Gasteiger partial charge in [0.05, 0.1) is 11.7 Å². The van der Waals surface area contributed by atoms with Gasteiger partial charge in [0, 0.05) is 24.0 Å². The molecule has 1 aliphatic rings. The molecule has 2 aromatic rings. The number of hydrogen-bond acceptors (Lipinski definition) is 3. The molecule has 1 amide bonds. The SMILES string of the molecule is Cc1cc(=O)cc(C(=O)NC(c2ncccc2C)C2CC2)[nH]1. The lowest BCUT2D eigenvalue weighted by Gasteiger charge is -2.19. The second-order valence-corrected chi connectivity index (χ2v) is 5.91. The highest BCUT2D eigenvalue weighted by Crippen LogP contribution is 2.41. The summed E-state index contributed by atoms with van der Waals surface area (Å²) < 4.78 is 0. The van der Waals surface area contributed by atoms with E-state index in [0.717, 1.165) is 24.1 Å². The summed E-state index contributed by atoms with van der Waals surface area (Å²) in [6.07, 6.45) is 3.93. The van der Waals surface area contributed by atoms with Crippen molar-refractivity contribution >= 4 is 5.91 Å². The van der Waals surface area contributed by atoms with Crippen LogP contribution >= 0.6 is 0 Å². The lowest BCUT2D eigenvalue weighted by molar-refractivity contribution is 0.0925. The molecule has 0 spiro atoms. The zero-order chi connectivity index (χ0) is 15.7. The molecular weight excluding hydrogens is 278 g/mol. The monoisotopic (exact) mass is 297 g/mol. The standard InChI is InChI=1S/C17H19N3O2/c1-10-4-3-7-18-15(10)16(12-5-6-12)20-17(22)14-9-13(21)8-11(2)19-14/h3-4,7-9,12,16H,5-6H2,1-2H3,(H,19,21)(H,20,22). The lowest BCUT2D eigenvalue weighted by atomic mass is 10.0. The topological polar surface area (TPSA) is 74.8 Å². The molecule has 1 fully saturated rings. The lowest BCUT2D eigenvalue weighted by Crippen LogP contribution is -2.32. The Labute approximate surface area is 128 Å². The number of carbonyl (C=O) groups excluding carboxylic acids is 1. The van der Waals surface area contributed by atoms with E-state index in [1.807, 2.05) is 19.1 Å². The zero-order valence-electron chi connectivity index (χ0n) is 12.7. The summed E-state index contributed by atoms with van der Waals surface area (Å²) in [5.74, 6) is 0.164. The molecular formula is C17H19N3O2. The summed E-state index contributed by atoms with van der Waals surface area (Å²) >= 11 is 0. The number of pyridine rings is 2. The van der Waals surface area contributed by atoms with Crippen molar-refractivity contribution < 1.29 is 4.79 Å². The molecule has 0 bridgehead atoms. The number of hydrogen-bond donors (Lipinski definition) is 2. The van der Waals surface area contributed by atoms with Gasteiger partial charge in [0.15, 0.2) is 5.43 Å². The van der Waals surface area contributed by atoms with E-state index in [4.69, 9.17) is 0 Å². The van der Waals surface area contributed by atoms with Crippen molar-refractivity contribution in [3.05, 3.63) is 63.3 Å². The van der Waals surface area contributed by atoms with Gasteiger partial charge in [-0.25, -0.2) is 0 Å². The first-order valence-corrected chi connectivity index (χ1v) is 7.48. The Morgan fingerprint density at radius 2 is 2.14 bits per heavy atom. The van der Waals surface area contributed by atoms with Crippen molar-refractivity contribution in [2.75, 3.05) is 0 Å². The number of nitrogens with one attached hydrogen (secondary N) is 2. The largest absolute Gasteiger partial charge is 0.354 e. The van der Waals surface area contributed by atoms with Crippen molar-refractivity contribution in [3.63, 3.8) is 0 Å². The second-order valence-electron chi connectivity index (χ2n) is 5.91. The van der Waals surface area contributed by atoms with E-state index < -0.39 is 0 Å². The van der Waals surface area contributed by atoms with Crippen LogP contribution in [-0.2, 0) is 0 Å². The predicted octanol–water partition coefficient (Wildman–Crippen LogP) is 2.27. The van der Waals surface area contributed by atoms with Crippen molar-refractivity contribution in [1.82, 2.24) is 15.3 Å². The molecule has 22 heavy (non-hydrogen) atoms. The quantitative estimate of drug-likeness (QED) is 0.909. The average molecular weight is 297 g/mol. The Morgan fingerprint density at radius 3 is 2.77 bits per heavy atom. The van der Waals surface area contributed by atoms with Crippen LogP contribution in [0.1, 0.15) is 46.3 Å². The van der Waals surface area contributed by atoms with Crippen LogP contribution in [0, 0.1) is 19.8 Å². The van der Waals surface area contributed by atoms with Crippen LogP contribution in [0.5, 0.6) is 0 Å². The Kier molecular flexibility index (Phi) is 3.79. The van der Waals surface area contributed by atoms with Crippen LogP contribution in [-0.4, -0.2) is 15.9 Å². The van der Waals surface area contributed by atoms with Crippen LogP contribution in [0.15, 0.2) is 35.3 Å². The molecule has 3 rings (SSSR count). The summed E-state index contributed by atoms with van der Waals surface area (Å²) in [7, 11) is 0. The van der Waals surface area contributed by atoms with Gasteiger partial charge in [0.1, 0.15) is 5.69 Å². The first-order valence-electron chi connectivity index (χ1n) is 7.48. The molecule has 0 radical (unpaired) electrons. The molecule has 0 aromatic carbocycles. The van der Waals surface area contributed by atoms with Gasteiger partial charge in [-0.15, -0.1) is 0 Å². The fraction of sp³-hybridized carbons (Fsp3) is 0.353. The minimum absolute atomic E-state index is 0.0993. The average Bonchev–Trinajstić information content (AvgIpc) is 3.29. The minimum atomic E-state index is -0.261. The molecule has 1 atom stereocenters. The number of aromatic nitrogens is 2. The summed E-state index contributed by atoms with van der Waals surface area (Å²) in [5, 5.41) is 3.04. The van der Waals surface area contributed by atoms with Crippen LogP contribution in [0.25, 0.3) is 0 Å². The van der Waals surface area contributed by atoms with E-state index in [0.29, 0.717) is 17.3 Å². The Bertz CT molecular complexity index is 762. The summed E-state index contributed by atoms with van der Waals surface area (Å²) in [4.78, 5) is 31.4. The fourth-order valence-electron chi connectivity index (χ4n) is 2.69. The third-order valence-electron chi connectivity index (χ3n) is 3.95. The molecule has 2 N–H and O–H groups in total. The summed E-state index contributed by atoms with van der Waals surface area (Å²) in [6, 6.07) is 6.59. The minimum Gasteiger partial charge on any atom is -0.354 e.